The third-order valence-corrected chi connectivity index (χ3v) is 6.59. The summed E-state index contributed by atoms with van der Waals surface area (Å²) in [4.78, 5) is 24.7. The Labute approximate surface area is 200 Å². The number of rotatable bonds is 5. The fourth-order valence-corrected chi connectivity index (χ4v) is 5.10. The number of piperidine rings is 2. The van der Waals surface area contributed by atoms with Crippen molar-refractivity contribution in [1.82, 2.24) is 10.1 Å². The Kier molecular flexibility index (Phi) is 9.95. The van der Waals surface area contributed by atoms with Crippen molar-refractivity contribution in [3.8, 4) is 0 Å². The lowest BCUT2D eigenvalue weighted by Crippen LogP contribution is -2.61. The summed E-state index contributed by atoms with van der Waals surface area (Å²) >= 11 is 0. The lowest BCUT2D eigenvalue weighted by molar-refractivity contribution is -0.260. The minimum atomic E-state index is -0.615. The van der Waals surface area contributed by atoms with Crippen molar-refractivity contribution in [2.75, 3.05) is 0 Å². The molecule has 2 N–H and O–H groups in total. The number of hydrogen-bond acceptors (Lipinski definition) is 8. The van der Waals surface area contributed by atoms with E-state index in [1.165, 1.54) is 23.0 Å². The molecule has 0 aromatic heterocycles. The number of esters is 2. The molecule has 0 saturated carbocycles. The first-order chi connectivity index (χ1) is 14.9. The van der Waals surface area contributed by atoms with Gasteiger partial charge in [0.05, 0.1) is 0 Å². The molecular weight excluding hydrogens is 424 g/mol. The zero-order chi connectivity index (χ0) is 25.8. The van der Waals surface area contributed by atoms with Crippen LogP contribution >= 0.6 is 0 Å². The maximum Gasteiger partial charge on any atom is 0.317 e. The number of ether oxygens (including phenoxy) is 2. The van der Waals surface area contributed by atoms with Crippen LogP contribution in [0.5, 0.6) is 0 Å². The second-order valence-corrected chi connectivity index (χ2v) is 12.1. The Morgan fingerprint density at radius 2 is 0.909 bits per heavy atom. The van der Waals surface area contributed by atoms with E-state index >= 15 is 0 Å². The number of carbonyl (C=O) groups is 2. The molecule has 0 aliphatic carbocycles. The van der Waals surface area contributed by atoms with Gasteiger partial charge in [-0.15, -0.1) is 0 Å². The van der Waals surface area contributed by atoms with E-state index in [4.69, 9.17) is 9.47 Å². The SMILES string of the molecule is CC1(C)CC(OC(=O)CC(=O)OC2CC(C)(C)N(O)C(C)(C)C2)CC(C)(C)N1O.CCCC. The van der Waals surface area contributed by atoms with Crippen LogP contribution < -0.4 is 0 Å². The van der Waals surface area contributed by atoms with Crippen LogP contribution in [0.3, 0.4) is 0 Å². The highest BCUT2D eigenvalue weighted by molar-refractivity contribution is 5.91. The average Bonchev–Trinajstić information content (AvgIpc) is 2.63. The largest absolute Gasteiger partial charge is 0.462 e. The van der Waals surface area contributed by atoms with Crippen LogP contribution in [0.15, 0.2) is 0 Å². The lowest BCUT2D eigenvalue weighted by atomic mass is 9.80. The van der Waals surface area contributed by atoms with Gasteiger partial charge in [0.1, 0.15) is 18.6 Å². The van der Waals surface area contributed by atoms with Gasteiger partial charge in [-0.2, -0.15) is 10.1 Å². The van der Waals surface area contributed by atoms with Gasteiger partial charge in [-0.25, -0.2) is 0 Å². The second kappa shape index (κ2) is 11.0. The van der Waals surface area contributed by atoms with Crippen molar-refractivity contribution in [3.63, 3.8) is 0 Å². The van der Waals surface area contributed by atoms with E-state index < -0.39 is 40.5 Å². The Hall–Kier alpha value is -1.22. The minimum Gasteiger partial charge on any atom is -0.462 e. The molecule has 0 radical (unpaired) electrons. The van der Waals surface area contributed by atoms with E-state index in [9.17, 15) is 20.0 Å². The molecule has 33 heavy (non-hydrogen) atoms. The number of unbranched alkanes of at least 4 members (excludes halogenated alkanes) is 1. The topological polar surface area (TPSA) is 99.5 Å². The number of hydrogen-bond donors (Lipinski definition) is 2. The van der Waals surface area contributed by atoms with Gasteiger partial charge in [-0.05, 0) is 55.4 Å². The van der Waals surface area contributed by atoms with Crippen LogP contribution in [0.2, 0.25) is 0 Å². The van der Waals surface area contributed by atoms with Crippen LogP contribution in [-0.2, 0) is 19.1 Å². The summed E-state index contributed by atoms with van der Waals surface area (Å²) in [6.07, 6.45) is 3.35. The van der Waals surface area contributed by atoms with E-state index in [0.717, 1.165) is 0 Å². The predicted octanol–water partition coefficient (Wildman–Crippen LogP) is 5.09. The molecule has 2 aliphatic rings. The van der Waals surface area contributed by atoms with E-state index in [0.29, 0.717) is 25.7 Å². The Morgan fingerprint density at radius 1 is 0.667 bits per heavy atom. The standard InChI is InChI=1S/C21H38N2O6.C4H10/c1-18(2)10-14(11-19(3,4)22(18)26)28-16(24)9-17(25)29-15-12-20(5,6)23(27)21(7,8)13-15;1-3-4-2/h14-15,26-27H,9-13H2,1-8H3;3-4H2,1-2H3. The fraction of sp³-hybridized carbons (Fsp3) is 0.920. The van der Waals surface area contributed by atoms with Crippen molar-refractivity contribution in [2.45, 2.75) is 149 Å². The molecule has 0 aromatic carbocycles. The summed E-state index contributed by atoms with van der Waals surface area (Å²) in [5.74, 6) is -1.23. The van der Waals surface area contributed by atoms with Gasteiger partial charge in [0.2, 0.25) is 0 Å². The summed E-state index contributed by atoms with van der Waals surface area (Å²) < 4.78 is 11.1. The van der Waals surface area contributed by atoms with E-state index in [-0.39, 0.29) is 12.2 Å². The second-order valence-electron chi connectivity index (χ2n) is 12.1. The minimum absolute atomic E-state index is 0.376. The first kappa shape index (κ1) is 29.8. The van der Waals surface area contributed by atoms with Crippen LogP contribution in [0.4, 0.5) is 0 Å². The Balaban J connectivity index is 0.00000125. The molecule has 2 fully saturated rings. The molecule has 8 heteroatoms. The Bertz CT molecular complexity index is 582. The smallest absolute Gasteiger partial charge is 0.317 e. The maximum atomic E-state index is 12.3. The number of nitrogens with zero attached hydrogens (tertiary/aromatic N) is 2. The van der Waals surface area contributed by atoms with Crippen molar-refractivity contribution in [2.24, 2.45) is 0 Å². The molecule has 0 unspecified atom stereocenters. The van der Waals surface area contributed by atoms with Crippen molar-refractivity contribution in [3.05, 3.63) is 0 Å². The molecule has 2 aliphatic heterocycles. The lowest BCUT2D eigenvalue weighted by Gasteiger charge is -2.51. The first-order valence-electron chi connectivity index (χ1n) is 12.3. The van der Waals surface area contributed by atoms with Gasteiger partial charge in [0.15, 0.2) is 0 Å². The van der Waals surface area contributed by atoms with Gasteiger partial charge in [0, 0.05) is 47.8 Å². The zero-order valence-corrected chi connectivity index (χ0v) is 22.5. The van der Waals surface area contributed by atoms with Crippen LogP contribution in [0, 0.1) is 0 Å². The molecule has 0 spiro atoms. The van der Waals surface area contributed by atoms with E-state index in [1.807, 2.05) is 55.4 Å². The maximum absolute atomic E-state index is 12.3. The van der Waals surface area contributed by atoms with E-state index in [2.05, 4.69) is 13.8 Å². The summed E-state index contributed by atoms with van der Waals surface area (Å²) in [6, 6.07) is 0. The highest BCUT2D eigenvalue weighted by Gasteiger charge is 2.47. The molecule has 8 nitrogen and oxygen atoms in total. The molecule has 2 heterocycles. The van der Waals surface area contributed by atoms with E-state index in [1.54, 1.807) is 0 Å². The molecule has 194 valence electrons. The third kappa shape index (κ3) is 8.19. The van der Waals surface area contributed by atoms with Gasteiger partial charge in [-0.3, -0.25) is 9.59 Å². The third-order valence-electron chi connectivity index (χ3n) is 6.59. The van der Waals surface area contributed by atoms with Gasteiger partial charge in [-0.1, -0.05) is 26.7 Å². The van der Waals surface area contributed by atoms with Gasteiger partial charge < -0.3 is 19.9 Å². The molecule has 0 bridgehead atoms. The highest BCUT2D eigenvalue weighted by atomic mass is 16.6. The number of carbonyl (C=O) groups excluding carboxylic acids is 2. The molecule has 0 aromatic rings. The quantitative estimate of drug-likeness (QED) is 0.422. The monoisotopic (exact) mass is 472 g/mol. The van der Waals surface area contributed by atoms with Crippen molar-refractivity contribution < 1.29 is 29.5 Å². The molecule has 2 rings (SSSR count). The summed E-state index contributed by atoms with van der Waals surface area (Å²) in [6.45, 7) is 19.5. The summed E-state index contributed by atoms with van der Waals surface area (Å²) in [7, 11) is 0. The van der Waals surface area contributed by atoms with Crippen LogP contribution in [0.1, 0.15) is 114 Å². The van der Waals surface area contributed by atoms with Gasteiger partial charge in [0.25, 0.3) is 0 Å². The average molecular weight is 473 g/mol. The van der Waals surface area contributed by atoms with Crippen molar-refractivity contribution >= 4 is 11.9 Å². The van der Waals surface area contributed by atoms with Crippen molar-refractivity contribution in [1.29, 1.82) is 0 Å². The number of hydroxylamine groups is 4. The molecular formula is C25H48N2O6. The van der Waals surface area contributed by atoms with Crippen LogP contribution in [0.25, 0.3) is 0 Å². The fourth-order valence-electron chi connectivity index (χ4n) is 5.10. The predicted molar refractivity (Wildman–Crippen MR) is 127 cm³/mol. The highest BCUT2D eigenvalue weighted by Crippen LogP contribution is 2.39. The first-order valence-corrected chi connectivity index (χ1v) is 12.3. The van der Waals surface area contributed by atoms with Crippen LogP contribution in [-0.4, -0.2) is 66.8 Å². The Morgan fingerprint density at radius 3 is 1.12 bits per heavy atom. The summed E-state index contributed by atoms with van der Waals surface area (Å²) in [5, 5.41) is 23.3. The zero-order valence-electron chi connectivity index (χ0n) is 22.5. The molecule has 0 atom stereocenters. The van der Waals surface area contributed by atoms with Gasteiger partial charge >= 0.3 is 11.9 Å². The summed E-state index contributed by atoms with van der Waals surface area (Å²) in [5.41, 5.74) is -2.16. The molecule has 0 amide bonds. The normalized spacial score (nSPS) is 25.0. The molecule has 2 saturated heterocycles.